The van der Waals surface area contributed by atoms with Gasteiger partial charge in [0.05, 0.1) is 5.57 Å². The first-order valence-electron chi connectivity index (χ1n) is 10.7. The SMILES string of the molecule is C=CCN1C(=O)C(c2ccc(C)cc2)=C(N2CCC(Cc3ccccc3)CC2)C1=O. The highest BCUT2D eigenvalue weighted by Crippen LogP contribution is 2.34. The van der Waals surface area contributed by atoms with Gasteiger partial charge in [-0.2, -0.15) is 0 Å². The van der Waals surface area contributed by atoms with Gasteiger partial charge >= 0.3 is 0 Å². The van der Waals surface area contributed by atoms with Crippen LogP contribution in [0.2, 0.25) is 0 Å². The predicted octanol–water partition coefficient (Wildman–Crippen LogP) is 4.22. The fourth-order valence-electron chi connectivity index (χ4n) is 4.44. The average Bonchev–Trinajstić information content (AvgIpc) is 3.01. The van der Waals surface area contributed by atoms with E-state index in [1.165, 1.54) is 10.5 Å². The molecule has 0 saturated carbocycles. The molecule has 2 heterocycles. The summed E-state index contributed by atoms with van der Waals surface area (Å²) in [4.78, 5) is 29.7. The maximum absolute atomic E-state index is 13.2. The van der Waals surface area contributed by atoms with Gasteiger partial charge in [-0.1, -0.05) is 66.2 Å². The quantitative estimate of drug-likeness (QED) is 0.539. The molecule has 30 heavy (non-hydrogen) atoms. The zero-order valence-corrected chi connectivity index (χ0v) is 17.5. The lowest BCUT2D eigenvalue weighted by atomic mass is 9.89. The molecule has 0 atom stereocenters. The Labute approximate surface area is 178 Å². The van der Waals surface area contributed by atoms with E-state index in [-0.39, 0.29) is 18.4 Å². The maximum atomic E-state index is 13.2. The number of benzene rings is 2. The first kappa shape index (κ1) is 20.1. The van der Waals surface area contributed by atoms with E-state index < -0.39 is 0 Å². The van der Waals surface area contributed by atoms with Crippen molar-refractivity contribution in [3.05, 3.63) is 89.6 Å². The molecule has 0 spiro atoms. The molecule has 154 valence electrons. The van der Waals surface area contributed by atoms with E-state index >= 15 is 0 Å². The third-order valence-electron chi connectivity index (χ3n) is 6.09. The number of hydrogen-bond acceptors (Lipinski definition) is 3. The van der Waals surface area contributed by atoms with Crippen LogP contribution in [0.3, 0.4) is 0 Å². The number of likely N-dealkylation sites (tertiary alicyclic amines) is 1. The summed E-state index contributed by atoms with van der Waals surface area (Å²) in [5, 5.41) is 0. The van der Waals surface area contributed by atoms with Crippen LogP contribution in [0.15, 0.2) is 72.9 Å². The van der Waals surface area contributed by atoms with E-state index in [4.69, 9.17) is 0 Å². The molecule has 2 aliphatic heterocycles. The summed E-state index contributed by atoms with van der Waals surface area (Å²) in [5.41, 5.74) is 4.39. The Morgan fingerprint density at radius 2 is 1.63 bits per heavy atom. The van der Waals surface area contributed by atoms with Gasteiger partial charge in [-0.3, -0.25) is 14.5 Å². The highest BCUT2D eigenvalue weighted by atomic mass is 16.2. The molecule has 0 aromatic heterocycles. The molecule has 4 rings (SSSR count). The lowest BCUT2D eigenvalue weighted by molar-refractivity contribution is -0.137. The Kier molecular flexibility index (Phi) is 5.84. The van der Waals surface area contributed by atoms with Crippen molar-refractivity contribution < 1.29 is 9.59 Å². The number of aryl methyl sites for hydroxylation is 1. The molecule has 0 radical (unpaired) electrons. The van der Waals surface area contributed by atoms with Crippen LogP contribution >= 0.6 is 0 Å². The summed E-state index contributed by atoms with van der Waals surface area (Å²) in [6, 6.07) is 18.4. The van der Waals surface area contributed by atoms with Gasteiger partial charge in [0.1, 0.15) is 5.70 Å². The molecule has 0 unspecified atom stereocenters. The minimum Gasteiger partial charge on any atom is -0.366 e. The van der Waals surface area contributed by atoms with Crippen LogP contribution in [0.4, 0.5) is 0 Å². The first-order valence-corrected chi connectivity index (χ1v) is 10.7. The summed E-state index contributed by atoms with van der Waals surface area (Å²) in [7, 11) is 0. The van der Waals surface area contributed by atoms with Crippen LogP contribution in [0.5, 0.6) is 0 Å². The van der Waals surface area contributed by atoms with Gasteiger partial charge in [-0.05, 0) is 43.2 Å². The summed E-state index contributed by atoms with van der Waals surface area (Å²) in [6.07, 6.45) is 4.70. The van der Waals surface area contributed by atoms with E-state index in [0.29, 0.717) is 17.2 Å². The molecular weight excluding hydrogens is 372 g/mol. The Balaban J connectivity index is 1.57. The standard InChI is InChI=1S/C26H28N2O2/c1-3-15-28-25(29)23(22-11-9-19(2)10-12-22)24(26(28)30)27-16-13-21(14-17-27)18-20-7-5-4-6-8-20/h3-12,21H,1,13-18H2,2H3. The molecular formula is C26H28N2O2. The van der Waals surface area contributed by atoms with E-state index in [9.17, 15) is 9.59 Å². The molecule has 2 aromatic rings. The van der Waals surface area contributed by atoms with Crippen LogP contribution in [-0.2, 0) is 16.0 Å². The van der Waals surface area contributed by atoms with Crippen LogP contribution in [0, 0.1) is 12.8 Å². The van der Waals surface area contributed by atoms with Crippen LogP contribution in [0.1, 0.15) is 29.5 Å². The van der Waals surface area contributed by atoms with Gasteiger partial charge in [0.2, 0.25) is 0 Å². The maximum Gasteiger partial charge on any atom is 0.278 e. The minimum atomic E-state index is -0.217. The number of amides is 2. The molecule has 4 nitrogen and oxygen atoms in total. The van der Waals surface area contributed by atoms with Crippen molar-refractivity contribution >= 4 is 17.4 Å². The van der Waals surface area contributed by atoms with Gasteiger partial charge in [-0.25, -0.2) is 0 Å². The Morgan fingerprint density at radius 1 is 0.967 bits per heavy atom. The second-order valence-corrected chi connectivity index (χ2v) is 8.22. The predicted molar refractivity (Wildman–Crippen MR) is 119 cm³/mol. The second kappa shape index (κ2) is 8.70. The summed E-state index contributed by atoms with van der Waals surface area (Å²) < 4.78 is 0. The zero-order chi connectivity index (χ0) is 21.1. The van der Waals surface area contributed by atoms with Gasteiger partial charge in [0.25, 0.3) is 11.8 Å². The van der Waals surface area contributed by atoms with Gasteiger partial charge in [0.15, 0.2) is 0 Å². The van der Waals surface area contributed by atoms with Crippen molar-refractivity contribution in [3.63, 3.8) is 0 Å². The highest BCUT2D eigenvalue weighted by molar-refractivity contribution is 6.35. The van der Waals surface area contributed by atoms with Crippen molar-refractivity contribution in [3.8, 4) is 0 Å². The van der Waals surface area contributed by atoms with Crippen molar-refractivity contribution in [2.45, 2.75) is 26.2 Å². The van der Waals surface area contributed by atoms with Gasteiger partial charge in [-0.15, -0.1) is 6.58 Å². The van der Waals surface area contributed by atoms with E-state index in [1.807, 2.05) is 37.3 Å². The lowest BCUT2D eigenvalue weighted by Crippen LogP contribution is -2.39. The highest BCUT2D eigenvalue weighted by Gasteiger charge is 2.41. The zero-order valence-electron chi connectivity index (χ0n) is 17.5. The summed E-state index contributed by atoms with van der Waals surface area (Å²) >= 11 is 0. The average molecular weight is 401 g/mol. The van der Waals surface area contributed by atoms with Crippen molar-refractivity contribution in [2.24, 2.45) is 5.92 Å². The number of piperidine rings is 1. The number of nitrogens with zero attached hydrogens (tertiary/aromatic N) is 2. The van der Waals surface area contributed by atoms with Crippen molar-refractivity contribution in [1.29, 1.82) is 0 Å². The van der Waals surface area contributed by atoms with Gasteiger partial charge < -0.3 is 4.90 Å². The molecule has 0 aliphatic carbocycles. The lowest BCUT2D eigenvalue weighted by Gasteiger charge is -2.34. The Bertz CT molecular complexity index is 968. The number of carbonyl (C=O) groups excluding carboxylic acids is 2. The van der Waals surface area contributed by atoms with Gasteiger partial charge in [0, 0.05) is 19.6 Å². The number of imide groups is 1. The fourth-order valence-corrected chi connectivity index (χ4v) is 4.44. The van der Waals surface area contributed by atoms with Crippen molar-refractivity contribution in [1.82, 2.24) is 9.80 Å². The Hall–Kier alpha value is -3.14. The monoisotopic (exact) mass is 400 g/mol. The third-order valence-corrected chi connectivity index (χ3v) is 6.09. The minimum absolute atomic E-state index is 0.197. The van der Waals surface area contributed by atoms with Crippen LogP contribution in [-0.4, -0.2) is 41.2 Å². The number of rotatable bonds is 6. The van der Waals surface area contributed by atoms with Crippen molar-refractivity contribution in [2.75, 3.05) is 19.6 Å². The summed E-state index contributed by atoms with van der Waals surface area (Å²) in [6.45, 7) is 7.55. The molecule has 1 fully saturated rings. The molecule has 2 amide bonds. The number of carbonyl (C=O) groups is 2. The van der Waals surface area contributed by atoms with E-state index in [0.717, 1.165) is 43.5 Å². The summed E-state index contributed by atoms with van der Waals surface area (Å²) in [5.74, 6) is 0.186. The smallest absolute Gasteiger partial charge is 0.278 e. The van der Waals surface area contributed by atoms with E-state index in [2.05, 4.69) is 35.7 Å². The molecule has 2 aromatic carbocycles. The first-order chi connectivity index (χ1) is 14.6. The van der Waals surface area contributed by atoms with E-state index in [1.54, 1.807) is 6.08 Å². The topological polar surface area (TPSA) is 40.6 Å². The fraction of sp³-hybridized carbons (Fsp3) is 0.308. The van der Waals surface area contributed by atoms with Crippen LogP contribution in [0.25, 0.3) is 5.57 Å². The molecule has 4 heteroatoms. The second-order valence-electron chi connectivity index (χ2n) is 8.22. The Morgan fingerprint density at radius 3 is 2.27 bits per heavy atom. The molecule has 2 aliphatic rings. The molecule has 0 bridgehead atoms. The third kappa shape index (κ3) is 3.95. The van der Waals surface area contributed by atoms with Crippen LogP contribution < -0.4 is 0 Å². The largest absolute Gasteiger partial charge is 0.366 e. The number of hydrogen-bond donors (Lipinski definition) is 0. The normalized spacial score (nSPS) is 17.8. The molecule has 0 N–H and O–H groups in total. The molecule has 1 saturated heterocycles.